The number of nitrogens with zero attached hydrogens (tertiary/aromatic N) is 4. The maximum atomic E-state index is 12.5. The summed E-state index contributed by atoms with van der Waals surface area (Å²) in [5.41, 5.74) is 3.20. The van der Waals surface area contributed by atoms with E-state index in [4.69, 9.17) is 15.3 Å². The Morgan fingerprint density at radius 2 is 1.90 bits per heavy atom. The Kier molecular flexibility index (Phi) is 4.86. The molecule has 0 bridgehead atoms. The van der Waals surface area contributed by atoms with Crippen LogP contribution in [0.2, 0.25) is 0 Å². The van der Waals surface area contributed by atoms with Crippen LogP contribution in [0.3, 0.4) is 0 Å². The summed E-state index contributed by atoms with van der Waals surface area (Å²) >= 11 is 0. The van der Waals surface area contributed by atoms with Crippen molar-refractivity contribution in [3.63, 3.8) is 0 Å². The molecule has 0 aliphatic carbocycles. The zero-order valence-electron chi connectivity index (χ0n) is 11.2. The molecule has 7 nitrogen and oxygen atoms in total. The van der Waals surface area contributed by atoms with E-state index in [1.165, 1.54) is 0 Å². The number of amides is 1. The third-order valence-corrected chi connectivity index (χ3v) is 2.96. The number of nitriles is 2. The van der Waals surface area contributed by atoms with Crippen LogP contribution >= 0.6 is 0 Å². The van der Waals surface area contributed by atoms with E-state index in [-0.39, 0.29) is 11.6 Å². The average molecular weight is 283 g/mol. The largest absolute Gasteiger partial charge is 0.378 e. The standard InChI is InChI=1S/C14H13N5O2/c15-9-11(10-16)17-18-13-4-2-1-3-12(13)14(20)19-5-7-21-8-6-19/h1-4,18H,5-8H2. The fourth-order valence-electron chi connectivity index (χ4n) is 1.90. The van der Waals surface area contributed by atoms with Crippen molar-refractivity contribution >= 4 is 17.3 Å². The first-order valence-corrected chi connectivity index (χ1v) is 6.36. The monoisotopic (exact) mass is 283 g/mol. The van der Waals surface area contributed by atoms with Gasteiger partial charge in [0.2, 0.25) is 5.71 Å². The molecule has 0 spiro atoms. The van der Waals surface area contributed by atoms with Crippen molar-refractivity contribution in [1.29, 1.82) is 10.5 Å². The third kappa shape index (κ3) is 3.56. The molecule has 1 aromatic carbocycles. The Morgan fingerprint density at radius 1 is 1.24 bits per heavy atom. The zero-order chi connectivity index (χ0) is 15.1. The summed E-state index contributed by atoms with van der Waals surface area (Å²) in [5.74, 6) is -0.132. The van der Waals surface area contributed by atoms with Crippen molar-refractivity contribution < 1.29 is 9.53 Å². The van der Waals surface area contributed by atoms with Gasteiger partial charge in [-0.15, -0.1) is 0 Å². The predicted molar refractivity (Wildman–Crippen MR) is 75.4 cm³/mol. The molecule has 1 amide bonds. The van der Waals surface area contributed by atoms with Crippen LogP contribution in [0.5, 0.6) is 0 Å². The predicted octanol–water partition coefficient (Wildman–Crippen LogP) is 0.974. The lowest BCUT2D eigenvalue weighted by Gasteiger charge is -2.27. The third-order valence-electron chi connectivity index (χ3n) is 2.96. The fraction of sp³-hybridized carbons (Fsp3) is 0.286. The molecule has 1 saturated heterocycles. The van der Waals surface area contributed by atoms with Gasteiger partial charge in [0.25, 0.3) is 5.91 Å². The van der Waals surface area contributed by atoms with Gasteiger partial charge in [0.15, 0.2) is 0 Å². The van der Waals surface area contributed by atoms with Gasteiger partial charge in [-0.05, 0) is 12.1 Å². The first kappa shape index (κ1) is 14.5. The van der Waals surface area contributed by atoms with E-state index in [1.807, 2.05) is 0 Å². The van der Waals surface area contributed by atoms with Crippen LogP contribution in [0, 0.1) is 22.7 Å². The number of anilines is 1. The number of morpholine rings is 1. The van der Waals surface area contributed by atoms with Gasteiger partial charge in [0.1, 0.15) is 12.1 Å². The molecule has 0 atom stereocenters. The number of hydrogen-bond acceptors (Lipinski definition) is 6. The lowest BCUT2D eigenvalue weighted by molar-refractivity contribution is 0.0303. The van der Waals surface area contributed by atoms with E-state index >= 15 is 0 Å². The van der Waals surface area contributed by atoms with Crippen molar-refractivity contribution in [1.82, 2.24) is 4.90 Å². The molecule has 0 aromatic heterocycles. The highest BCUT2D eigenvalue weighted by Crippen LogP contribution is 2.18. The lowest BCUT2D eigenvalue weighted by Crippen LogP contribution is -2.40. The smallest absolute Gasteiger partial charge is 0.256 e. The minimum atomic E-state index is -0.302. The second-order valence-corrected chi connectivity index (χ2v) is 4.25. The highest BCUT2D eigenvalue weighted by atomic mass is 16.5. The number of carbonyl (C=O) groups excluding carboxylic acids is 1. The molecule has 0 saturated carbocycles. The average Bonchev–Trinajstić information content (AvgIpc) is 2.56. The van der Waals surface area contributed by atoms with Crippen molar-refractivity contribution in [2.24, 2.45) is 5.10 Å². The fourth-order valence-corrected chi connectivity index (χ4v) is 1.90. The summed E-state index contributed by atoms with van der Waals surface area (Å²) in [6.07, 6.45) is 0. The number of para-hydroxylation sites is 1. The molecule has 1 heterocycles. The summed E-state index contributed by atoms with van der Waals surface area (Å²) in [6, 6.07) is 10.1. The van der Waals surface area contributed by atoms with Gasteiger partial charge < -0.3 is 9.64 Å². The lowest BCUT2D eigenvalue weighted by atomic mass is 10.1. The van der Waals surface area contributed by atoms with Crippen molar-refractivity contribution in [2.75, 3.05) is 31.7 Å². The topological polar surface area (TPSA) is 102 Å². The molecule has 7 heteroatoms. The van der Waals surface area contributed by atoms with Crippen molar-refractivity contribution in [3.05, 3.63) is 29.8 Å². The quantitative estimate of drug-likeness (QED) is 0.658. The van der Waals surface area contributed by atoms with Gasteiger partial charge in [-0.2, -0.15) is 15.6 Å². The van der Waals surface area contributed by atoms with Crippen LogP contribution < -0.4 is 5.43 Å². The van der Waals surface area contributed by atoms with Crippen molar-refractivity contribution in [3.8, 4) is 12.1 Å². The first-order chi connectivity index (χ1) is 10.3. The number of nitrogens with one attached hydrogen (secondary N) is 1. The van der Waals surface area contributed by atoms with E-state index in [0.717, 1.165) is 0 Å². The van der Waals surface area contributed by atoms with Crippen LogP contribution in [-0.4, -0.2) is 42.8 Å². The Labute approximate surface area is 122 Å². The zero-order valence-corrected chi connectivity index (χ0v) is 11.2. The molecule has 106 valence electrons. The van der Waals surface area contributed by atoms with Crippen LogP contribution in [0.4, 0.5) is 5.69 Å². The summed E-state index contributed by atoms with van der Waals surface area (Å²) in [5, 5.41) is 21.0. The van der Waals surface area contributed by atoms with E-state index in [9.17, 15) is 4.79 Å². The van der Waals surface area contributed by atoms with Crippen LogP contribution in [0.25, 0.3) is 0 Å². The second kappa shape index (κ2) is 7.04. The summed E-state index contributed by atoms with van der Waals surface area (Å²) in [7, 11) is 0. The maximum Gasteiger partial charge on any atom is 0.256 e. The SMILES string of the molecule is N#CC(C#N)=NNc1ccccc1C(=O)N1CCOCC1. The molecule has 0 radical (unpaired) electrons. The van der Waals surface area contributed by atoms with E-state index in [0.29, 0.717) is 37.6 Å². The molecule has 2 rings (SSSR count). The van der Waals surface area contributed by atoms with Gasteiger partial charge in [0, 0.05) is 13.1 Å². The Hall–Kier alpha value is -2.90. The molecule has 1 aliphatic rings. The molecular formula is C14H13N5O2. The van der Waals surface area contributed by atoms with E-state index in [2.05, 4.69) is 10.5 Å². The molecule has 1 N–H and O–H groups in total. The minimum Gasteiger partial charge on any atom is -0.378 e. The molecule has 1 aromatic rings. The van der Waals surface area contributed by atoms with Crippen LogP contribution in [0.1, 0.15) is 10.4 Å². The number of rotatable bonds is 3. The molecule has 0 unspecified atom stereocenters. The van der Waals surface area contributed by atoms with Gasteiger partial charge in [-0.1, -0.05) is 12.1 Å². The minimum absolute atomic E-state index is 0.132. The Balaban J connectivity index is 2.21. The maximum absolute atomic E-state index is 12.5. The summed E-state index contributed by atoms with van der Waals surface area (Å²) in [4.78, 5) is 14.2. The van der Waals surface area contributed by atoms with E-state index < -0.39 is 0 Å². The summed E-state index contributed by atoms with van der Waals surface area (Å²) in [6.45, 7) is 2.12. The van der Waals surface area contributed by atoms with Crippen molar-refractivity contribution in [2.45, 2.75) is 0 Å². The first-order valence-electron chi connectivity index (χ1n) is 6.36. The highest BCUT2D eigenvalue weighted by Gasteiger charge is 2.20. The van der Waals surface area contributed by atoms with E-state index in [1.54, 1.807) is 41.3 Å². The Bertz CT molecular complexity index is 619. The summed E-state index contributed by atoms with van der Waals surface area (Å²) < 4.78 is 5.22. The molecular weight excluding hydrogens is 270 g/mol. The second-order valence-electron chi connectivity index (χ2n) is 4.25. The molecule has 21 heavy (non-hydrogen) atoms. The van der Waals surface area contributed by atoms with Gasteiger partial charge in [0.05, 0.1) is 24.5 Å². The number of hydrogen-bond donors (Lipinski definition) is 1. The molecule has 1 aliphatic heterocycles. The number of benzene rings is 1. The number of hydrazone groups is 1. The highest BCUT2D eigenvalue weighted by molar-refractivity contribution is 6.10. The van der Waals surface area contributed by atoms with Gasteiger partial charge in [-0.25, -0.2) is 0 Å². The normalized spacial score (nSPS) is 13.7. The molecule has 1 fully saturated rings. The van der Waals surface area contributed by atoms with Crippen LogP contribution in [-0.2, 0) is 4.74 Å². The van der Waals surface area contributed by atoms with Crippen LogP contribution in [0.15, 0.2) is 29.4 Å². The van der Waals surface area contributed by atoms with Gasteiger partial charge in [-0.3, -0.25) is 10.2 Å². The number of carbonyl (C=O) groups is 1. The number of ether oxygens (including phenoxy) is 1. The Morgan fingerprint density at radius 3 is 2.57 bits per heavy atom. The van der Waals surface area contributed by atoms with Gasteiger partial charge >= 0.3 is 0 Å².